The first-order valence-corrected chi connectivity index (χ1v) is 7.12. The molecule has 0 spiro atoms. The summed E-state index contributed by atoms with van der Waals surface area (Å²) >= 11 is 0. The summed E-state index contributed by atoms with van der Waals surface area (Å²) in [6.07, 6.45) is 7.89. The normalized spacial score (nSPS) is 24.7. The third kappa shape index (κ3) is 3.53. The fraction of sp³-hybridized carbons (Fsp3) is 0.600. The van der Waals surface area contributed by atoms with Gasteiger partial charge >= 0.3 is 0 Å². The van der Waals surface area contributed by atoms with Crippen LogP contribution in [0.2, 0.25) is 0 Å². The summed E-state index contributed by atoms with van der Waals surface area (Å²) in [6, 6.07) is 3.90. The van der Waals surface area contributed by atoms with Crippen LogP contribution in [0.15, 0.2) is 24.5 Å². The van der Waals surface area contributed by atoms with Crippen molar-refractivity contribution < 1.29 is 4.79 Å². The molecule has 3 N–H and O–H groups in total. The summed E-state index contributed by atoms with van der Waals surface area (Å²) in [4.78, 5) is 16.4. The molecule has 3 atom stereocenters. The topological polar surface area (TPSA) is 68.0 Å². The predicted molar refractivity (Wildman–Crippen MR) is 75.3 cm³/mol. The van der Waals surface area contributed by atoms with Gasteiger partial charge in [-0.1, -0.05) is 12.8 Å². The van der Waals surface area contributed by atoms with Gasteiger partial charge in [0.1, 0.15) is 0 Å². The molecule has 1 saturated carbocycles. The van der Waals surface area contributed by atoms with Crippen LogP contribution in [-0.4, -0.2) is 17.4 Å². The van der Waals surface area contributed by atoms with Crippen LogP contribution in [0.3, 0.4) is 0 Å². The molecular weight excluding hydrogens is 238 g/mol. The number of aromatic nitrogens is 1. The van der Waals surface area contributed by atoms with Crippen LogP contribution in [0.25, 0.3) is 0 Å². The highest BCUT2D eigenvalue weighted by molar-refractivity contribution is 5.79. The Morgan fingerprint density at radius 3 is 2.79 bits per heavy atom. The van der Waals surface area contributed by atoms with Crippen LogP contribution >= 0.6 is 0 Å². The van der Waals surface area contributed by atoms with E-state index in [9.17, 15) is 4.79 Å². The molecule has 4 nitrogen and oxygen atoms in total. The van der Waals surface area contributed by atoms with Crippen molar-refractivity contribution in [2.45, 2.75) is 38.6 Å². The number of pyridine rings is 1. The van der Waals surface area contributed by atoms with Gasteiger partial charge < -0.3 is 11.1 Å². The molecule has 0 saturated heterocycles. The van der Waals surface area contributed by atoms with Crippen LogP contribution in [0.1, 0.15) is 44.2 Å². The maximum absolute atomic E-state index is 12.4. The SMILES string of the molecule is C[C@H](NC(=O)C1CCCCC1CN)c1ccncc1. The maximum atomic E-state index is 12.4. The number of carbonyl (C=O) groups excluding carboxylic acids is 1. The highest BCUT2D eigenvalue weighted by Crippen LogP contribution is 2.30. The summed E-state index contributed by atoms with van der Waals surface area (Å²) in [7, 11) is 0. The zero-order chi connectivity index (χ0) is 13.7. The molecule has 0 bridgehead atoms. The Morgan fingerprint density at radius 1 is 1.42 bits per heavy atom. The first-order valence-electron chi connectivity index (χ1n) is 7.12. The average Bonchev–Trinajstić information content (AvgIpc) is 2.48. The molecule has 1 aromatic heterocycles. The fourth-order valence-electron chi connectivity index (χ4n) is 2.89. The van der Waals surface area contributed by atoms with Crippen molar-refractivity contribution in [3.05, 3.63) is 30.1 Å². The Morgan fingerprint density at radius 2 is 2.11 bits per heavy atom. The van der Waals surface area contributed by atoms with Gasteiger partial charge in [-0.3, -0.25) is 9.78 Å². The van der Waals surface area contributed by atoms with Crippen LogP contribution in [-0.2, 0) is 4.79 Å². The Labute approximate surface area is 114 Å². The van der Waals surface area contributed by atoms with Gasteiger partial charge in [-0.05, 0) is 49.9 Å². The van der Waals surface area contributed by atoms with Crippen molar-refractivity contribution in [3.8, 4) is 0 Å². The lowest BCUT2D eigenvalue weighted by Crippen LogP contribution is -2.40. The highest BCUT2D eigenvalue weighted by Gasteiger charge is 2.30. The minimum atomic E-state index is 0.0239. The van der Waals surface area contributed by atoms with Crippen molar-refractivity contribution in [3.63, 3.8) is 0 Å². The maximum Gasteiger partial charge on any atom is 0.223 e. The first kappa shape index (κ1) is 14.0. The van der Waals surface area contributed by atoms with Crippen molar-refractivity contribution in [2.24, 2.45) is 17.6 Å². The second kappa shape index (κ2) is 6.66. The third-order valence-corrected chi connectivity index (χ3v) is 4.11. The Kier molecular flexibility index (Phi) is 4.91. The molecule has 4 heteroatoms. The van der Waals surface area contributed by atoms with Gasteiger partial charge in [-0.2, -0.15) is 0 Å². The highest BCUT2D eigenvalue weighted by atomic mass is 16.1. The van der Waals surface area contributed by atoms with Crippen LogP contribution < -0.4 is 11.1 Å². The molecule has 1 amide bonds. The Bertz CT molecular complexity index is 407. The molecule has 0 radical (unpaired) electrons. The van der Waals surface area contributed by atoms with Crippen molar-refractivity contribution in [2.75, 3.05) is 6.54 Å². The minimum Gasteiger partial charge on any atom is -0.349 e. The molecule has 2 unspecified atom stereocenters. The fourth-order valence-corrected chi connectivity index (χ4v) is 2.89. The van der Waals surface area contributed by atoms with Gasteiger partial charge in [-0.25, -0.2) is 0 Å². The second-order valence-corrected chi connectivity index (χ2v) is 5.40. The smallest absolute Gasteiger partial charge is 0.223 e. The Hall–Kier alpha value is -1.42. The molecule has 1 aliphatic rings. The Balaban J connectivity index is 1.96. The standard InChI is InChI=1S/C15H23N3O/c1-11(12-6-8-17-9-7-12)18-15(19)14-5-3-2-4-13(14)10-16/h6-9,11,13-14H,2-5,10,16H2,1H3,(H,18,19)/t11-,13?,14?/m0/s1. The lowest BCUT2D eigenvalue weighted by atomic mass is 9.78. The van der Waals surface area contributed by atoms with Crippen LogP contribution in [0, 0.1) is 11.8 Å². The second-order valence-electron chi connectivity index (χ2n) is 5.40. The lowest BCUT2D eigenvalue weighted by Gasteiger charge is -2.30. The number of hydrogen-bond acceptors (Lipinski definition) is 3. The van der Waals surface area contributed by atoms with Gasteiger partial charge in [0.25, 0.3) is 0 Å². The van der Waals surface area contributed by atoms with E-state index in [2.05, 4.69) is 10.3 Å². The summed E-state index contributed by atoms with van der Waals surface area (Å²) < 4.78 is 0. The number of nitrogens with two attached hydrogens (primary N) is 1. The molecule has 1 heterocycles. The molecule has 1 aromatic rings. The van der Waals surface area contributed by atoms with E-state index in [0.717, 1.165) is 24.8 Å². The lowest BCUT2D eigenvalue weighted by molar-refractivity contribution is -0.128. The number of rotatable bonds is 4. The molecule has 19 heavy (non-hydrogen) atoms. The van der Waals surface area contributed by atoms with E-state index >= 15 is 0 Å². The zero-order valence-corrected chi connectivity index (χ0v) is 11.5. The van der Waals surface area contributed by atoms with E-state index in [-0.39, 0.29) is 17.9 Å². The number of carbonyl (C=O) groups is 1. The van der Waals surface area contributed by atoms with Gasteiger partial charge in [0.05, 0.1) is 6.04 Å². The summed E-state index contributed by atoms with van der Waals surface area (Å²) in [5.74, 6) is 0.584. The van der Waals surface area contributed by atoms with E-state index < -0.39 is 0 Å². The van der Waals surface area contributed by atoms with E-state index in [4.69, 9.17) is 5.73 Å². The van der Waals surface area contributed by atoms with E-state index in [1.165, 1.54) is 6.42 Å². The average molecular weight is 261 g/mol. The summed E-state index contributed by atoms with van der Waals surface area (Å²) in [6.45, 7) is 2.62. The first-order chi connectivity index (χ1) is 9.22. The number of amides is 1. The molecule has 0 aliphatic heterocycles. The summed E-state index contributed by atoms with van der Waals surface area (Å²) in [5.41, 5.74) is 6.87. The van der Waals surface area contributed by atoms with E-state index in [1.54, 1.807) is 12.4 Å². The molecule has 1 fully saturated rings. The number of hydrogen-bond donors (Lipinski definition) is 2. The number of nitrogens with zero attached hydrogens (tertiary/aromatic N) is 1. The summed E-state index contributed by atoms with van der Waals surface area (Å²) in [5, 5.41) is 3.11. The number of nitrogens with one attached hydrogen (secondary N) is 1. The molecule has 2 rings (SSSR count). The van der Waals surface area contributed by atoms with Crippen molar-refractivity contribution >= 4 is 5.91 Å². The van der Waals surface area contributed by atoms with Crippen LogP contribution in [0.5, 0.6) is 0 Å². The third-order valence-electron chi connectivity index (χ3n) is 4.11. The molecular formula is C15H23N3O. The van der Waals surface area contributed by atoms with Gasteiger partial charge in [0.15, 0.2) is 0 Å². The van der Waals surface area contributed by atoms with Gasteiger partial charge in [-0.15, -0.1) is 0 Å². The molecule has 104 valence electrons. The van der Waals surface area contributed by atoms with Crippen molar-refractivity contribution in [1.29, 1.82) is 0 Å². The molecule has 0 aromatic carbocycles. The monoisotopic (exact) mass is 261 g/mol. The van der Waals surface area contributed by atoms with Crippen molar-refractivity contribution in [1.82, 2.24) is 10.3 Å². The molecule has 1 aliphatic carbocycles. The minimum absolute atomic E-state index is 0.0239. The van der Waals surface area contributed by atoms with Crippen LogP contribution in [0.4, 0.5) is 0 Å². The van der Waals surface area contributed by atoms with E-state index in [0.29, 0.717) is 12.5 Å². The zero-order valence-electron chi connectivity index (χ0n) is 11.5. The quantitative estimate of drug-likeness (QED) is 0.871. The van der Waals surface area contributed by atoms with E-state index in [1.807, 2.05) is 19.1 Å². The predicted octanol–water partition coefficient (Wildman–Crippen LogP) is 2.02. The van der Waals surface area contributed by atoms with Gasteiger partial charge in [0, 0.05) is 18.3 Å². The largest absolute Gasteiger partial charge is 0.349 e. The van der Waals surface area contributed by atoms with Gasteiger partial charge in [0.2, 0.25) is 5.91 Å².